The summed E-state index contributed by atoms with van der Waals surface area (Å²) in [7, 11) is -2.23. The first-order valence-corrected chi connectivity index (χ1v) is 9.63. The Hall–Kier alpha value is -1.54. The molecule has 2 aromatic rings. The summed E-state index contributed by atoms with van der Waals surface area (Å²) in [6.07, 6.45) is 1.06. The second kappa shape index (κ2) is 7.83. The topological polar surface area (TPSA) is 75.6 Å². The van der Waals surface area contributed by atoms with Crippen molar-refractivity contribution < 1.29 is 18.3 Å². The van der Waals surface area contributed by atoms with Gasteiger partial charge < -0.3 is 9.84 Å². The molecular weight excluding hydrogens is 334 g/mol. The molecule has 0 aliphatic carbocycles. The van der Waals surface area contributed by atoms with Crippen LogP contribution < -0.4 is 9.46 Å². The van der Waals surface area contributed by atoms with Crippen LogP contribution in [0.4, 0.5) is 0 Å². The molecular formula is C16H19NO4S2. The molecule has 23 heavy (non-hydrogen) atoms. The highest BCUT2D eigenvalue weighted by atomic mass is 32.2. The predicted octanol–water partition coefficient (Wildman–Crippen LogP) is 2.43. The number of nitrogens with one attached hydrogen (secondary N) is 1. The molecule has 2 rings (SSSR count). The summed E-state index contributed by atoms with van der Waals surface area (Å²) < 4.78 is 31.9. The molecule has 0 aliphatic rings. The fourth-order valence-electron chi connectivity index (χ4n) is 1.98. The third-order valence-corrected chi connectivity index (χ3v) is 5.48. The van der Waals surface area contributed by atoms with Gasteiger partial charge in [-0.05, 0) is 36.1 Å². The van der Waals surface area contributed by atoms with Crippen LogP contribution in [0.3, 0.4) is 0 Å². The zero-order valence-electron chi connectivity index (χ0n) is 12.9. The zero-order valence-corrected chi connectivity index (χ0v) is 14.5. The quantitative estimate of drug-likeness (QED) is 0.748. The van der Waals surface area contributed by atoms with Gasteiger partial charge in [-0.3, -0.25) is 0 Å². The number of hydrogen-bond acceptors (Lipinski definition) is 5. The molecule has 2 aromatic carbocycles. The summed E-state index contributed by atoms with van der Waals surface area (Å²) in [4.78, 5) is 1.18. The van der Waals surface area contributed by atoms with Crippen molar-refractivity contribution in [2.24, 2.45) is 0 Å². The van der Waals surface area contributed by atoms with Crippen LogP contribution in [-0.2, 0) is 10.0 Å². The molecule has 124 valence electrons. The first-order valence-electron chi connectivity index (χ1n) is 6.92. The second-order valence-electron chi connectivity index (χ2n) is 4.82. The van der Waals surface area contributed by atoms with Crippen LogP contribution in [-0.4, -0.2) is 33.4 Å². The maximum absolute atomic E-state index is 12.3. The van der Waals surface area contributed by atoms with E-state index in [1.165, 1.54) is 19.2 Å². The van der Waals surface area contributed by atoms with Crippen LogP contribution in [0, 0.1) is 0 Å². The van der Waals surface area contributed by atoms with Gasteiger partial charge in [-0.2, -0.15) is 0 Å². The summed E-state index contributed by atoms with van der Waals surface area (Å²) in [6.45, 7) is -0.0990. The maximum Gasteiger partial charge on any atom is 0.240 e. The van der Waals surface area contributed by atoms with Crippen LogP contribution in [0.1, 0.15) is 11.7 Å². The number of hydrogen-bond donors (Lipinski definition) is 2. The van der Waals surface area contributed by atoms with E-state index in [-0.39, 0.29) is 11.4 Å². The molecule has 5 nitrogen and oxygen atoms in total. The third kappa shape index (κ3) is 4.71. The molecule has 0 aliphatic heterocycles. The molecule has 0 amide bonds. The third-order valence-electron chi connectivity index (χ3n) is 3.32. The van der Waals surface area contributed by atoms with E-state index in [2.05, 4.69) is 4.72 Å². The van der Waals surface area contributed by atoms with Crippen molar-refractivity contribution in [2.45, 2.75) is 15.9 Å². The first-order chi connectivity index (χ1) is 11.0. The van der Waals surface area contributed by atoms with E-state index in [1.54, 1.807) is 36.0 Å². The molecule has 0 fully saturated rings. The van der Waals surface area contributed by atoms with Gasteiger partial charge in [0.05, 0.1) is 18.1 Å². The summed E-state index contributed by atoms with van der Waals surface area (Å²) in [5, 5.41) is 10.1. The van der Waals surface area contributed by atoms with Gasteiger partial charge in [0.15, 0.2) is 0 Å². The largest absolute Gasteiger partial charge is 0.497 e. The van der Waals surface area contributed by atoms with Crippen molar-refractivity contribution in [1.29, 1.82) is 0 Å². The Bertz CT molecular complexity index is 745. The van der Waals surface area contributed by atoms with Crippen molar-refractivity contribution in [3.63, 3.8) is 0 Å². The van der Waals surface area contributed by atoms with E-state index in [1.807, 2.05) is 18.4 Å². The average molecular weight is 353 g/mol. The van der Waals surface area contributed by atoms with Crippen molar-refractivity contribution >= 4 is 21.8 Å². The molecule has 1 atom stereocenters. The van der Waals surface area contributed by atoms with Crippen LogP contribution in [0.5, 0.6) is 5.75 Å². The Morgan fingerprint density at radius 2 is 1.91 bits per heavy atom. The van der Waals surface area contributed by atoms with Gasteiger partial charge in [-0.1, -0.05) is 18.2 Å². The highest BCUT2D eigenvalue weighted by Gasteiger charge is 2.17. The lowest BCUT2D eigenvalue weighted by atomic mass is 10.1. The van der Waals surface area contributed by atoms with Crippen LogP contribution >= 0.6 is 11.8 Å². The molecule has 0 aromatic heterocycles. The zero-order chi connectivity index (χ0) is 16.9. The first kappa shape index (κ1) is 17.8. The molecule has 1 unspecified atom stereocenters. The highest BCUT2D eigenvalue weighted by Crippen LogP contribution is 2.20. The number of thioether (sulfide) groups is 1. The lowest BCUT2D eigenvalue weighted by Crippen LogP contribution is -2.28. The van der Waals surface area contributed by atoms with Gasteiger partial charge in [0.1, 0.15) is 5.75 Å². The Morgan fingerprint density at radius 3 is 2.52 bits per heavy atom. The lowest BCUT2D eigenvalue weighted by molar-refractivity contribution is 0.182. The Balaban J connectivity index is 2.05. The summed E-state index contributed by atoms with van der Waals surface area (Å²) >= 11 is 1.60. The lowest BCUT2D eigenvalue weighted by Gasteiger charge is -2.13. The summed E-state index contributed by atoms with van der Waals surface area (Å²) in [6, 6.07) is 13.5. The Morgan fingerprint density at radius 1 is 1.22 bits per heavy atom. The number of rotatable bonds is 7. The van der Waals surface area contributed by atoms with E-state index < -0.39 is 16.1 Å². The molecule has 0 spiro atoms. The Labute approximate surface area is 140 Å². The monoisotopic (exact) mass is 353 g/mol. The maximum atomic E-state index is 12.3. The molecule has 0 bridgehead atoms. The minimum atomic E-state index is -3.70. The number of benzene rings is 2. The smallest absolute Gasteiger partial charge is 0.240 e. The number of aliphatic hydroxyl groups excluding tert-OH is 1. The average Bonchev–Trinajstić information content (AvgIpc) is 2.60. The van der Waals surface area contributed by atoms with Gasteiger partial charge in [0, 0.05) is 17.5 Å². The minimum Gasteiger partial charge on any atom is -0.497 e. The van der Waals surface area contributed by atoms with Crippen LogP contribution in [0.25, 0.3) is 0 Å². The molecule has 0 radical (unpaired) electrons. The number of ether oxygens (including phenoxy) is 1. The number of aliphatic hydroxyl groups is 1. The van der Waals surface area contributed by atoms with Gasteiger partial charge >= 0.3 is 0 Å². The van der Waals surface area contributed by atoms with E-state index >= 15 is 0 Å². The fourth-order valence-corrected chi connectivity index (χ4v) is 3.47. The van der Waals surface area contributed by atoms with Crippen molar-refractivity contribution in [3.8, 4) is 5.75 Å². The van der Waals surface area contributed by atoms with Crippen LogP contribution in [0.2, 0.25) is 0 Å². The SMILES string of the molecule is COc1cccc(S(=O)(=O)NCC(O)c2ccc(SC)cc2)c1. The van der Waals surface area contributed by atoms with Gasteiger partial charge in [-0.25, -0.2) is 13.1 Å². The predicted molar refractivity (Wildman–Crippen MR) is 91.4 cm³/mol. The van der Waals surface area contributed by atoms with Gasteiger partial charge in [-0.15, -0.1) is 11.8 Å². The van der Waals surface area contributed by atoms with Crippen molar-refractivity contribution in [2.75, 3.05) is 19.9 Å². The van der Waals surface area contributed by atoms with E-state index in [4.69, 9.17) is 4.74 Å². The van der Waals surface area contributed by atoms with E-state index in [9.17, 15) is 13.5 Å². The Kier molecular flexibility index (Phi) is 6.06. The van der Waals surface area contributed by atoms with E-state index in [0.717, 1.165) is 4.90 Å². The van der Waals surface area contributed by atoms with Crippen molar-refractivity contribution in [1.82, 2.24) is 4.72 Å². The van der Waals surface area contributed by atoms with E-state index in [0.29, 0.717) is 11.3 Å². The molecule has 0 heterocycles. The minimum absolute atomic E-state index is 0.0989. The van der Waals surface area contributed by atoms with Gasteiger partial charge in [0.2, 0.25) is 10.0 Å². The van der Waals surface area contributed by atoms with Gasteiger partial charge in [0.25, 0.3) is 0 Å². The fraction of sp³-hybridized carbons (Fsp3) is 0.250. The number of sulfonamides is 1. The molecule has 0 saturated carbocycles. The molecule has 0 saturated heterocycles. The number of methoxy groups -OCH3 is 1. The standard InChI is InChI=1S/C16H19NO4S2/c1-21-13-4-3-5-15(10-13)23(19,20)17-11-16(18)12-6-8-14(22-2)9-7-12/h3-10,16-18H,11H2,1-2H3. The van der Waals surface area contributed by atoms with Crippen molar-refractivity contribution in [3.05, 3.63) is 54.1 Å². The van der Waals surface area contributed by atoms with Crippen LogP contribution in [0.15, 0.2) is 58.3 Å². The summed E-state index contributed by atoms with van der Waals surface area (Å²) in [5.41, 5.74) is 0.663. The molecule has 7 heteroatoms. The molecule has 2 N–H and O–H groups in total. The highest BCUT2D eigenvalue weighted by molar-refractivity contribution is 7.98. The second-order valence-corrected chi connectivity index (χ2v) is 7.47. The summed E-state index contributed by atoms with van der Waals surface area (Å²) in [5.74, 6) is 0.459. The normalized spacial score (nSPS) is 12.8.